The summed E-state index contributed by atoms with van der Waals surface area (Å²) in [7, 11) is 0. The topological polar surface area (TPSA) is 85.7 Å². The number of nitrogens with zero attached hydrogens (tertiary/aromatic N) is 1. The zero-order chi connectivity index (χ0) is 22.1. The molecule has 2 aromatic rings. The maximum atomic E-state index is 13.9. The first-order valence-electron chi connectivity index (χ1n) is 10.3. The molecule has 1 saturated carbocycles. The third kappa shape index (κ3) is 4.17. The smallest absolute Gasteiger partial charge is 0.323 e. The van der Waals surface area contributed by atoms with Crippen molar-refractivity contribution in [1.29, 1.82) is 0 Å². The minimum atomic E-state index is -1.46. The van der Waals surface area contributed by atoms with Gasteiger partial charge >= 0.3 is 11.9 Å². The van der Waals surface area contributed by atoms with E-state index in [1.165, 1.54) is 12.1 Å². The molecule has 6 nitrogen and oxygen atoms in total. The number of esters is 2. The summed E-state index contributed by atoms with van der Waals surface area (Å²) in [5.41, 5.74) is -1.68. The number of aliphatic hydroxyl groups is 1. The number of benzene rings is 1. The van der Waals surface area contributed by atoms with Crippen LogP contribution in [0.3, 0.4) is 0 Å². The predicted molar refractivity (Wildman–Crippen MR) is 109 cm³/mol. The summed E-state index contributed by atoms with van der Waals surface area (Å²) in [6, 6.07) is 5.88. The highest BCUT2D eigenvalue weighted by Crippen LogP contribution is 2.48. The van der Waals surface area contributed by atoms with Gasteiger partial charge in [-0.3, -0.25) is 14.6 Å². The number of hydrogen-bond donors (Lipinski definition) is 1. The molecule has 0 atom stereocenters. The van der Waals surface area contributed by atoms with Crippen molar-refractivity contribution in [2.24, 2.45) is 5.41 Å². The number of halogens is 1. The number of ether oxygens (including phenoxy) is 2. The second kappa shape index (κ2) is 8.30. The number of fused-ring (bicyclic) bond motifs is 1. The highest BCUT2D eigenvalue weighted by atomic mass is 19.1. The van der Waals surface area contributed by atoms with Crippen LogP contribution >= 0.6 is 0 Å². The fourth-order valence-corrected chi connectivity index (χ4v) is 4.03. The van der Waals surface area contributed by atoms with Gasteiger partial charge in [-0.25, -0.2) is 4.39 Å². The Morgan fingerprint density at radius 2 is 1.57 bits per heavy atom. The van der Waals surface area contributed by atoms with E-state index in [2.05, 4.69) is 4.98 Å². The average Bonchev–Trinajstić information content (AvgIpc) is 2.67. The van der Waals surface area contributed by atoms with Crippen LogP contribution in [0.4, 0.5) is 4.39 Å². The molecule has 162 valence electrons. The Morgan fingerprint density at radius 1 is 1.00 bits per heavy atom. The van der Waals surface area contributed by atoms with Crippen LogP contribution in [0, 0.1) is 11.2 Å². The minimum absolute atomic E-state index is 0.0692. The lowest BCUT2D eigenvalue weighted by molar-refractivity contribution is -0.183. The highest BCUT2D eigenvalue weighted by molar-refractivity contribution is 6.00. The summed E-state index contributed by atoms with van der Waals surface area (Å²) in [5, 5.41) is 12.0. The van der Waals surface area contributed by atoms with E-state index in [-0.39, 0.29) is 37.9 Å². The Kier molecular flexibility index (Phi) is 6.13. The normalized spacial score (nSPS) is 17.9. The van der Waals surface area contributed by atoms with E-state index in [0.717, 1.165) is 0 Å². The number of hydrogen-bond acceptors (Lipinski definition) is 6. The van der Waals surface area contributed by atoms with E-state index in [1.54, 1.807) is 46.0 Å². The summed E-state index contributed by atoms with van der Waals surface area (Å²) in [6.07, 6.45) is 1.20. The van der Waals surface area contributed by atoms with Gasteiger partial charge in [-0.1, -0.05) is 0 Å². The lowest BCUT2D eigenvalue weighted by atomic mass is 9.66. The number of pyridine rings is 1. The van der Waals surface area contributed by atoms with Gasteiger partial charge in [0, 0.05) is 11.6 Å². The van der Waals surface area contributed by atoms with E-state index in [9.17, 15) is 19.1 Å². The summed E-state index contributed by atoms with van der Waals surface area (Å²) in [5.74, 6) is -1.68. The molecule has 1 aromatic heterocycles. The molecule has 0 aliphatic heterocycles. The minimum Gasteiger partial charge on any atom is -0.462 e. The largest absolute Gasteiger partial charge is 0.462 e. The Hall–Kier alpha value is -2.54. The Balaban J connectivity index is 1.95. The quantitative estimate of drug-likeness (QED) is 0.584. The van der Waals surface area contributed by atoms with Gasteiger partial charge in [0.05, 0.1) is 23.3 Å². The molecule has 1 fully saturated rings. The molecular formula is C23H28FNO5. The van der Waals surface area contributed by atoms with Crippen LogP contribution in [0.25, 0.3) is 10.9 Å². The maximum Gasteiger partial charge on any atom is 0.323 e. The van der Waals surface area contributed by atoms with Gasteiger partial charge in [-0.2, -0.15) is 0 Å². The van der Waals surface area contributed by atoms with Crippen LogP contribution in [0.5, 0.6) is 0 Å². The van der Waals surface area contributed by atoms with Crippen molar-refractivity contribution in [3.63, 3.8) is 0 Å². The van der Waals surface area contributed by atoms with E-state index >= 15 is 0 Å². The van der Waals surface area contributed by atoms with Gasteiger partial charge in [0.15, 0.2) is 5.41 Å². The molecule has 30 heavy (non-hydrogen) atoms. The first kappa shape index (κ1) is 22.2. The molecule has 3 rings (SSSR count). The van der Waals surface area contributed by atoms with E-state index < -0.39 is 28.8 Å². The first-order valence-corrected chi connectivity index (χ1v) is 10.3. The molecule has 1 aromatic carbocycles. The summed E-state index contributed by atoms with van der Waals surface area (Å²) in [4.78, 5) is 30.0. The van der Waals surface area contributed by atoms with Crippen molar-refractivity contribution in [1.82, 2.24) is 4.98 Å². The molecule has 1 aliphatic carbocycles. The average molecular weight is 417 g/mol. The van der Waals surface area contributed by atoms with Crippen LogP contribution in [-0.2, 0) is 24.7 Å². The second-order valence-corrected chi connectivity index (χ2v) is 8.54. The zero-order valence-corrected chi connectivity index (χ0v) is 17.8. The molecule has 0 amide bonds. The molecule has 1 heterocycles. The van der Waals surface area contributed by atoms with Gasteiger partial charge in [0.25, 0.3) is 0 Å². The van der Waals surface area contributed by atoms with Gasteiger partial charge in [0.1, 0.15) is 5.82 Å². The SMILES string of the molecule is CC(C)OC(=O)C1(C(=O)OC(C)C)CCC(O)(c2ccnc3ccc(F)cc23)CC1. The van der Waals surface area contributed by atoms with Crippen LogP contribution in [-0.4, -0.2) is 34.2 Å². The lowest BCUT2D eigenvalue weighted by Gasteiger charge is -2.41. The van der Waals surface area contributed by atoms with Crippen molar-refractivity contribution < 1.29 is 28.6 Å². The van der Waals surface area contributed by atoms with Gasteiger partial charge < -0.3 is 14.6 Å². The highest BCUT2D eigenvalue weighted by Gasteiger charge is 2.55. The Morgan fingerprint density at radius 3 is 2.10 bits per heavy atom. The summed E-state index contributed by atoms with van der Waals surface area (Å²) in [6.45, 7) is 6.87. The second-order valence-electron chi connectivity index (χ2n) is 8.54. The van der Waals surface area contributed by atoms with Crippen LogP contribution < -0.4 is 0 Å². The molecule has 1 N–H and O–H groups in total. The molecule has 0 radical (unpaired) electrons. The number of rotatable bonds is 5. The fraction of sp³-hybridized carbons (Fsp3) is 0.522. The van der Waals surface area contributed by atoms with Crippen LogP contribution in [0.15, 0.2) is 30.5 Å². The molecule has 0 spiro atoms. The third-order valence-corrected chi connectivity index (χ3v) is 5.60. The Bertz CT molecular complexity index is 924. The van der Waals surface area contributed by atoms with Gasteiger partial charge in [-0.15, -0.1) is 0 Å². The van der Waals surface area contributed by atoms with Gasteiger partial charge in [-0.05, 0) is 83.2 Å². The maximum absolute atomic E-state index is 13.9. The zero-order valence-electron chi connectivity index (χ0n) is 17.8. The lowest BCUT2D eigenvalue weighted by Crippen LogP contribution is -2.49. The molecular weight excluding hydrogens is 389 g/mol. The van der Waals surface area contributed by atoms with Crippen molar-refractivity contribution in [3.05, 3.63) is 41.8 Å². The van der Waals surface area contributed by atoms with Crippen molar-refractivity contribution >= 4 is 22.8 Å². The molecule has 0 bridgehead atoms. The number of aromatic nitrogens is 1. The molecule has 0 unspecified atom stereocenters. The monoisotopic (exact) mass is 417 g/mol. The van der Waals surface area contributed by atoms with Crippen LogP contribution in [0.1, 0.15) is 58.9 Å². The molecule has 1 aliphatic rings. The Labute approximate surface area is 175 Å². The standard InChI is InChI=1S/C23H28FNO5/c1-14(2)29-20(26)22(21(27)30-15(3)4)8-10-23(28,11-9-22)18-7-12-25-19-6-5-16(24)13-17(18)19/h5-7,12-15,28H,8-11H2,1-4H3. The molecule has 0 saturated heterocycles. The van der Waals surface area contributed by atoms with E-state index in [0.29, 0.717) is 16.5 Å². The summed E-state index contributed by atoms with van der Waals surface area (Å²) >= 11 is 0. The number of carbonyl (C=O) groups excluding carboxylic acids is 2. The van der Waals surface area contributed by atoms with E-state index in [1.807, 2.05) is 0 Å². The first-order chi connectivity index (χ1) is 14.1. The summed E-state index contributed by atoms with van der Waals surface area (Å²) < 4.78 is 24.6. The molecule has 7 heteroatoms. The fourth-order valence-electron chi connectivity index (χ4n) is 4.03. The predicted octanol–water partition coefficient (Wildman–Crippen LogP) is 4.03. The van der Waals surface area contributed by atoms with E-state index in [4.69, 9.17) is 9.47 Å². The van der Waals surface area contributed by atoms with Crippen molar-refractivity contribution in [3.8, 4) is 0 Å². The van der Waals surface area contributed by atoms with Gasteiger partial charge in [0.2, 0.25) is 0 Å². The third-order valence-electron chi connectivity index (χ3n) is 5.60. The number of carbonyl (C=O) groups is 2. The van der Waals surface area contributed by atoms with Crippen LogP contribution in [0.2, 0.25) is 0 Å². The van der Waals surface area contributed by atoms with Crippen molar-refractivity contribution in [2.75, 3.05) is 0 Å². The van der Waals surface area contributed by atoms with Crippen molar-refractivity contribution in [2.45, 2.75) is 71.2 Å².